The third kappa shape index (κ3) is 4.61. The molecule has 0 unspecified atom stereocenters. The van der Waals surface area contributed by atoms with Gasteiger partial charge in [-0.25, -0.2) is 4.90 Å². The first-order valence-electron chi connectivity index (χ1n) is 8.20. The van der Waals surface area contributed by atoms with Crippen molar-refractivity contribution in [3.05, 3.63) is 58.8 Å². The summed E-state index contributed by atoms with van der Waals surface area (Å²) in [5, 5.41) is 12.8. The maximum atomic E-state index is 12.8. The van der Waals surface area contributed by atoms with Crippen molar-refractivity contribution in [3.63, 3.8) is 0 Å². The number of halogens is 1. The van der Waals surface area contributed by atoms with Crippen molar-refractivity contribution in [2.75, 3.05) is 23.1 Å². The molecule has 7 nitrogen and oxygen atoms in total. The minimum Gasteiger partial charge on any atom is -0.495 e. The summed E-state index contributed by atoms with van der Waals surface area (Å²) in [7, 11) is 1.48. The molecule has 2 rings (SSSR count). The summed E-state index contributed by atoms with van der Waals surface area (Å²) in [5.74, 6) is -0.855. The number of carbonyl (C=O) groups excluding carboxylic acids is 2. The number of ether oxygens (including phenoxy) is 1. The van der Waals surface area contributed by atoms with Crippen LogP contribution in [0.25, 0.3) is 0 Å². The molecule has 0 heterocycles. The van der Waals surface area contributed by atoms with Crippen molar-refractivity contribution >= 4 is 40.5 Å². The van der Waals surface area contributed by atoms with Gasteiger partial charge in [-0.2, -0.15) is 5.26 Å². The molecule has 0 aromatic heterocycles. The summed E-state index contributed by atoms with van der Waals surface area (Å²) in [6, 6.07) is 11.3. The first-order chi connectivity index (χ1) is 13.3. The highest BCUT2D eigenvalue weighted by molar-refractivity contribution is 6.31. The van der Waals surface area contributed by atoms with Crippen molar-refractivity contribution in [1.29, 1.82) is 5.26 Å². The third-order valence-corrected chi connectivity index (χ3v) is 4.28. The van der Waals surface area contributed by atoms with E-state index in [1.165, 1.54) is 32.4 Å². The second kappa shape index (κ2) is 8.93. The maximum Gasteiger partial charge on any atom is 0.277 e. The Morgan fingerprint density at radius 1 is 1.29 bits per heavy atom. The van der Waals surface area contributed by atoms with Crippen molar-refractivity contribution in [1.82, 2.24) is 0 Å². The van der Waals surface area contributed by atoms with Crippen LogP contribution < -0.4 is 20.7 Å². The maximum absolute atomic E-state index is 12.8. The number of imide groups is 1. The number of nitrogens with zero attached hydrogens (tertiary/aromatic N) is 2. The van der Waals surface area contributed by atoms with E-state index in [1.807, 2.05) is 13.0 Å². The molecule has 0 aliphatic heterocycles. The van der Waals surface area contributed by atoms with Gasteiger partial charge in [0.2, 0.25) is 5.91 Å². The fourth-order valence-electron chi connectivity index (χ4n) is 2.42. The number of nitrogens with two attached hydrogens (primary N) is 1. The van der Waals surface area contributed by atoms with Crippen LogP contribution in [0.3, 0.4) is 0 Å². The molecule has 0 spiro atoms. The first kappa shape index (κ1) is 20.8. The average Bonchev–Trinajstić information content (AvgIpc) is 2.66. The molecule has 2 aromatic carbocycles. The Kier molecular flexibility index (Phi) is 6.64. The summed E-state index contributed by atoms with van der Waals surface area (Å²) in [4.78, 5) is 25.7. The van der Waals surface area contributed by atoms with Gasteiger partial charge >= 0.3 is 0 Å². The Morgan fingerprint density at radius 3 is 2.46 bits per heavy atom. The van der Waals surface area contributed by atoms with Crippen molar-refractivity contribution in [2.24, 2.45) is 0 Å². The Bertz CT molecular complexity index is 978. The minimum absolute atomic E-state index is 0.262. The molecular weight excluding hydrogens is 380 g/mol. The van der Waals surface area contributed by atoms with Gasteiger partial charge in [-0.1, -0.05) is 11.6 Å². The Balaban J connectivity index is 2.36. The summed E-state index contributed by atoms with van der Waals surface area (Å²) < 4.78 is 5.25. The number of rotatable bonds is 5. The lowest BCUT2D eigenvalue weighted by Crippen LogP contribution is -2.36. The van der Waals surface area contributed by atoms with Crippen LogP contribution in [-0.2, 0) is 9.59 Å². The van der Waals surface area contributed by atoms with E-state index < -0.39 is 11.8 Å². The van der Waals surface area contributed by atoms with E-state index in [-0.39, 0.29) is 5.57 Å². The number of methoxy groups -OCH3 is 1. The van der Waals surface area contributed by atoms with Crippen molar-refractivity contribution in [2.45, 2.75) is 13.8 Å². The lowest BCUT2D eigenvalue weighted by molar-refractivity contribution is -0.123. The summed E-state index contributed by atoms with van der Waals surface area (Å²) >= 11 is 6.08. The number of hydrogen-bond acceptors (Lipinski definition) is 6. The number of nitrogen functional groups attached to an aromatic ring is 1. The molecule has 0 fully saturated rings. The average molecular weight is 399 g/mol. The van der Waals surface area contributed by atoms with E-state index in [2.05, 4.69) is 5.32 Å². The van der Waals surface area contributed by atoms with Crippen LogP contribution in [0.2, 0.25) is 5.02 Å². The van der Waals surface area contributed by atoms with E-state index in [9.17, 15) is 14.9 Å². The molecule has 144 valence electrons. The summed E-state index contributed by atoms with van der Waals surface area (Å²) in [6.45, 7) is 3.05. The molecule has 0 radical (unpaired) electrons. The highest BCUT2D eigenvalue weighted by Crippen LogP contribution is 2.31. The normalized spacial score (nSPS) is 10.8. The van der Waals surface area contributed by atoms with Gasteiger partial charge in [-0.3, -0.25) is 9.59 Å². The molecular formula is C20H19ClN4O3. The monoisotopic (exact) mass is 398 g/mol. The van der Waals surface area contributed by atoms with Crippen LogP contribution in [0.15, 0.2) is 48.2 Å². The predicted molar refractivity (Wildman–Crippen MR) is 109 cm³/mol. The van der Waals surface area contributed by atoms with Gasteiger partial charge in [0.05, 0.1) is 18.5 Å². The van der Waals surface area contributed by atoms with Crippen LogP contribution in [0, 0.1) is 18.3 Å². The second-order valence-electron chi connectivity index (χ2n) is 5.87. The molecule has 0 atom stereocenters. The van der Waals surface area contributed by atoms with E-state index in [0.717, 1.165) is 10.5 Å². The second-order valence-corrected chi connectivity index (χ2v) is 6.27. The number of benzene rings is 2. The highest BCUT2D eigenvalue weighted by atomic mass is 35.5. The number of aryl methyl sites for hydroxylation is 1. The van der Waals surface area contributed by atoms with Gasteiger partial charge in [0.1, 0.15) is 17.4 Å². The molecule has 2 amide bonds. The highest BCUT2D eigenvalue weighted by Gasteiger charge is 2.24. The number of anilines is 3. The van der Waals surface area contributed by atoms with Crippen molar-refractivity contribution < 1.29 is 14.3 Å². The minimum atomic E-state index is -0.767. The van der Waals surface area contributed by atoms with E-state index in [0.29, 0.717) is 27.8 Å². The molecule has 0 aliphatic rings. The smallest absolute Gasteiger partial charge is 0.277 e. The number of hydrogen-bond donors (Lipinski definition) is 2. The van der Waals surface area contributed by atoms with Crippen LogP contribution in [0.4, 0.5) is 17.1 Å². The number of nitriles is 1. The third-order valence-electron chi connectivity index (χ3n) is 3.87. The van der Waals surface area contributed by atoms with Gasteiger partial charge in [-0.05, 0) is 42.8 Å². The zero-order valence-corrected chi connectivity index (χ0v) is 16.4. The first-order valence-corrected chi connectivity index (χ1v) is 8.57. The van der Waals surface area contributed by atoms with E-state index >= 15 is 0 Å². The lowest BCUT2D eigenvalue weighted by atomic mass is 10.2. The van der Waals surface area contributed by atoms with E-state index in [1.54, 1.807) is 24.3 Å². The van der Waals surface area contributed by atoms with Gasteiger partial charge in [0.25, 0.3) is 5.91 Å². The molecule has 2 aromatic rings. The van der Waals surface area contributed by atoms with Gasteiger partial charge < -0.3 is 15.8 Å². The van der Waals surface area contributed by atoms with Gasteiger partial charge in [0.15, 0.2) is 0 Å². The molecule has 3 N–H and O–H groups in total. The Hall–Kier alpha value is -3.50. The molecule has 0 aliphatic carbocycles. The zero-order chi connectivity index (χ0) is 20.8. The van der Waals surface area contributed by atoms with Crippen LogP contribution >= 0.6 is 11.6 Å². The lowest BCUT2D eigenvalue weighted by Gasteiger charge is -2.19. The Morgan fingerprint density at radius 2 is 1.93 bits per heavy atom. The Labute approximate surface area is 168 Å². The topological polar surface area (TPSA) is 108 Å². The quantitative estimate of drug-likeness (QED) is 0.452. The molecule has 28 heavy (non-hydrogen) atoms. The van der Waals surface area contributed by atoms with Crippen LogP contribution in [0.5, 0.6) is 5.75 Å². The standard InChI is InChI=1S/C20H19ClN4O3/c1-12-8-18(19(28-3)9-17(12)21)24-11-14(10-22)20(27)25(13(2)26)16-6-4-15(23)5-7-16/h4-9,11,24H,23H2,1-3H3/b14-11-. The number of amides is 2. The van der Waals surface area contributed by atoms with Gasteiger partial charge in [-0.15, -0.1) is 0 Å². The fourth-order valence-corrected chi connectivity index (χ4v) is 2.58. The van der Waals surface area contributed by atoms with Crippen LogP contribution in [-0.4, -0.2) is 18.9 Å². The van der Waals surface area contributed by atoms with Gasteiger partial charge in [0, 0.05) is 29.9 Å². The SMILES string of the molecule is COc1cc(Cl)c(C)cc1N/C=C(/C#N)C(=O)N(C(C)=O)c1ccc(N)cc1. The zero-order valence-electron chi connectivity index (χ0n) is 15.6. The molecule has 0 bridgehead atoms. The van der Waals surface area contributed by atoms with E-state index in [4.69, 9.17) is 22.1 Å². The predicted octanol–water partition coefficient (Wildman–Crippen LogP) is 3.64. The number of nitrogens with one attached hydrogen (secondary N) is 1. The summed E-state index contributed by atoms with van der Waals surface area (Å²) in [6.07, 6.45) is 1.22. The van der Waals surface area contributed by atoms with Crippen molar-refractivity contribution in [3.8, 4) is 11.8 Å². The van der Waals surface area contributed by atoms with Crippen LogP contribution in [0.1, 0.15) is 12.5 Å². The summed E-state index contributed by atoms with van der Waals surface area (Å²) in [5.41, 5.74) is 7.49. The largest absolute Gasteiger partial charge is 0.495 e. The molecule has 8 heteroatoms. The molecule has 0 saturated heterocycles. The number of carbonyl (C=O) groups is 2. The fraction of sp³-hybridized carbons (Fsp3) is 0.150. The molecule has 0 saturated carbocycles.